The molecule has 0 saturated carbocycles. The number of nitrogens with zero attached hydrogens (tertiary/aromatic N) is 4. The Bertz CT molecular complexity index is 1280. The molecule has 0 saturated heterocycles. The van der Waals surface area contributed by atoms with E-state index in [2.05, 4.69) is 20.6 Å². The SMILES string of the molecule is COc1ccc(OC)c(-c2nnc3ccc(OCCNC(=O)COc4ccc(Cl)cc4)nn23)c1. The summed E-state index contributed by atoms with van der Waals surface area (Å²) >= 11 is 5.83. The molecule has 1 amide bonds. The summed E-state index contributed by atoms with van der Waals surface area (Å²) in [6.45, 7) is 0.380. The van der Waals surface area contributed by atoms with Crippen LogP contribution in [0.5, 0.6) is 23.1 Å². The van der Waals surface area contributed by atoms with Crippen LogP contribution in [-0.2, 0) is 4.79 Å². The number of benzene rings is 2. The van der Waals surface area contributed by atoms with E-state index in [0.29, 0.717) is 45.2 Å². The lowest BCUT2D eigenvalue weighted by molar-refractivity contribution is -0.123. The molecular weight excluding hydrogens is 462 g/mol. The standard InChI is InChI=1S/C23H22ClN5O5/c1-31-17-7-8-19(32-2)18(13-17)23-27-26-20-9-10-22(28-29(20)23)33-12-11-25-21(30)14-34-16-5-3-15(24)4-6-16/h3-10,13H,11-12,14H2,1-2H3,(H,25,30). The van der Waals surface area contributed by atoms with E-state index in [-0.39, 0.29) is 25.7 Å². The normalized spacial score (nSPS) is 10.7. The first kappa shape index (κ1) is 23.1. The average Bonchev–Trinajstić information content (AvgIpc) is 3.29. The number of rotatable bonds is 10. The van der Waals surface area contributed by atoms with Gasteiger partial charge in [-0.2, -0.15) is 4.52 Å². The number of nitrogens with one attached hydrogen (secondary N) is 1. The van der Waals surface area contributed by atoms with Crippen LogP contribution in [0.3, 0.4) is 0 Å². The van der Waals surface area contributed by atoms with E-state index in [4.69, 9.17) is 30.5 Å². The largest absolute Gasteiger partial charge is 0.497 e. The Hall–Kier alpha value is -4.05. The van der Waals surface area contributed by atoms with E-state index in [1.165, 1.54) is 0 Å². The molecular formula is C23H22ClN5O5. The molecule has 11 heteroatoms. The van der Waals surface area contributed by atoms with E-state index in [1.54, 1.807) is 73.3 Å². The zero-order valence-corrected chi connectivity index (χ0v) is 19.3. The molecule has 4 rings (SSSR count). The van der Waals surface area contributed by atoms with Gasteiger partial charge in [0.25, 0.3) is 5.91 Å². The van der Waals surface area contributed by atoms with Crippen LogP contribution in [-0.4, -0.2) is 59.7 Å². The summed E-state index contributed by atoms with van der Waals surface area (Å²) in [5.41, 5.74) is 1.21. The summed E-state index contributed by atoms with van der Waals surface area (Å²) in [7, 11) is 3.16. The number of methoxy groups -OCH3 is 2. The van der Waals surface area contributed by atoms with Crippen LogP contribution >= 0.6 is 11.6 Å². The zero-order chi connectivity index (χ0) is 23.9. The Morgan fingerprint density at radius 3 is 2.53 bits per heavy atom. The van der Waals surface area contributed by atoms with Gasteiger partial charge in [0.05, 0.1) is 26.3 Å². The number of hydrogen-bond acceptors (Lipinski definition) is 8. The van der Waals surface area contributed by atoms with Gasteiger partial charge in [0.2, 0.25) is 5.88 Å². The first-order chi connectivity index (χ1) is 16.6. The van der Waals surface area contributed by atoms with Crippen LogP contribution in [0, 0.1) is 0 Å². The number of fused-ring (bicyclic) bond motifs is 1. The molecule has 4 aromatic rings. The average molecular weight is 484 g/mol. The fraction of sp³-hybridized carbons (Fsp3) is 0.217. The zero-order valence-electron chi connectivity index (χ0n) is 18.5. The molecule has 10 nitrogen and oxygen atoms in total. The second-order valence-electron chi connectivity index (χ2n) is 6.97. The molecule has 0 bridgehead atoms. The van der Waals surface area contributed by atoms with Crippen LogP contribution in [0.15, 0.2) is 54.6 Å². The van der Waals surface area contributed by atoms with E-state index < -0.39 is 0 Å². The molecule has 34 heavy (non-hydrogen) atoms. The monoisotopic (exact) mass is 483 g/mol. The summed E-state index contributed by atoms with van der Waals surface area (Å²) in [5, 5.41) is 16.2. The smallest absolute Gasteiger partial charge is 0.258 e. The Morgan fingerprint density at radius 1 is 0.971 bits per heavy atom. The second-order valence-corrected chi connectivity index (χ2v) is 7.41. The number of amides is 1. The highest BCUT2D eigenvalue weighted by molar-refractivity contribution is 6.30. The van der Waals surface area contributed by atoms with E-state index in [9.17, 15) is 4.79 Å². The van der Waals surface area contributed by atoms with Gasteiger partial charge in [-0.15, -0.1) is 15.3 Å². The topological polar surface area (TPSA) is 109 Å². The molecule has 2 aromatic heterocycles. The van der Waals surface area contributed by atoms with Crippen molar-refractivity contribution < 1.29 is 23.7 Å². The first-order valence-electron chi connectivity index (χ1n) is 10.3. The molecule has 0 radical (unpaired) electrons. The van der Waals surface area contributed by atoms with Crippen molar-refractivity contribution in [3.63, 3.8) is 0 Å². The fourth-order valence-electron chi connectivity index (χ4n) is 3.08. The van der Waals surface area contributed by atoms with Gasteiger partial charge in [-0.25, -0.2) is 0 Å². The van der Waals surface area contributed by atoms with Crippen LogP contribution < -0.4 is 24.3 Å². The maximum Gasteiger partial charge on any atom is 0.258 e. The number of carbonyl (C=O) groups excluding carboxylic acids is 1. The molecule has 0 atom stereocenters. The molecule has 0 spiro atoms. The lowest BCUT2D eigenvalue weighted by Gasteiger charge is -2.10. The summed E-state index contributed by atoms with van der Waals surface area (Å²) in [5.74, 6) is 2.37. The summed E-state index contributed by atoms with van der Waals surface area (Å²) in [6, 6.07) is 15.6. The molecule has 0 aliphatic rings. The maximum atomic E-state index is 12.0. The molecule has 0 unspecified atom stereocenters. The number of ether oxygens (including phenoxy) is 4. The Labute approximate surface area is 200 Å². The van der Waals surface area contributed by atoms with E-state index >= 15 is 0 Å². The quantitative estimate of drug-likeness (QED) is 0.343. The van der Waals surface area contributed by atoms with Gasteiger partial charge < -0.3 is 24.3 Å². The Kier molecular flexibility index (Phi) is 7.28. The third-order valence-corrected chi connectivity index (χ3v) is 5.00. The molecule has 176 valence electrons. The molecule has 1 N–H and O–H groups in total. The van der Waals surface area contributed by atoms with Crippen LogP contribution in [0.1, 0.15) is 0 Å². The molecule has 0 aliphatic heterocycles. The predicted molar refractivity (Wildman–Crippen MR) is 125 cm³/mol. The van der Waals surface area contributed by atoms with Gasteiger partial charge >= 0.3 is 0 Å². The molecule has 2 aromatic carbocycles. The van der Waals surface area contributed by atoms with Crippen molar-refractivity contribution in [2.24, 2.45) is 0 Å². The highest BCUT2D eigenvalue weighted by Crippen LogP contribution is 2.32. The fourth-order valence-corrected chi connectivity index (χ4v) is 3.21. The molecule has 2 heterocycles. The van der Waals surface area contributed by atoms with Crippen molar-refractivity contribution in [2.75, 3.05) is 34.0 Å². The maximum absolute atomic E-state index is 12.0. The summed E-state index contributed by atoms with van der Waals surface area (Å²) < 4.78 is 23.4. The van der Waals surface area contributed by atoms with Gasteiger partial charge in [-0.1, -0.05) is 11.6 Å². The summed E-state index contributed by atoms with van der Waals surface area (Å²) in [4.78, 5) is 12.0. The number of aromatic nitrogens is 4. The van der Waals surface area contributed by atoms with Gasteiger partial charge in [-0.05, 0) is 48.5 Å². The van der Waals surface area contributed by atoms with E-state index in [1.807, 2.05) is 0 Å². The minimum absolute atomic E-state index is 0.113. The van der Waals surface area contributed by atoms with Crippen molar-refractivity contribution in [3.8, 4) is 34.5 Å². The second kappa shape index (κ2) is 10.7. The third-order valence-electron chi connectivity index (χ3n) is 4.74. The van der Waals surface area contributed by atoms with Crippen molar-refractivity contribution in [1.82, 2.24) is 25.1 Å². The van der Waals surface area contributed by atoms with Crippen molar-refractivity contribution >= 4 is 23.2 Å². The molecule has 0 aliphatic carbocycles. The number of hydrogen-bond donors (Lipinski definition) is 1. The van der Waals surface area contributed by atoms with Crippen LogP contribution in [0.25, 0.3) is 17.0 Å². The predicted octanol–water partition coefficient (Wildman–Crippen LogP) is 3.04. The minimum Gasteiger partial charge on any atom is -0.497 e. The highest BCUT2D eigenvalue weighted by atomic mass is 35.5. The number of halogens is 1. The van der Waals surface area contributed by atoms with Gasteiger partial charge in [-0.3, -0.25) is 4.79 Å². The first-order valence-corrected chi connectivity index (χ1v) is 10.7. The summed E-state index contributed by atoms with van der Waals surface area (Å²) in [6.07, 6.45) is 0. The highest BCUT2D eigenvalue weighted by Gasteiger charge is 2.16. The van der Waals surface area contributed by atoms with Gasteiger partial charge in [0.15, 0.2) is 18.1 Å². The minimum atomic E-state index is -0.270. The lowest BCUT2D eigenvalue weighted by atomic mass is 10.2. The lowest BCUT2D eigenvalue weighted by Crippen LogP contribution is -2.32. The van der Waals surface area contributed by atoms with Crippen molar-refractivity contribution in [1.29, 1.82) is 0 Å². The molecule has 0 fully saturated rings. The van der Waals surface area contributed by atoms with Gasteiger partial charge in [0.1, 0.15) is 23.9 Å². The van der Waals surface area contributed by atoms with Crippen molar-refractivity contribution in [3.05, 3.63) is 59.6 Å². The Balaban J connectivity index is 1.35. The van der Waals surface area contributed by atoms with Crippen LogP contribution in [0.2, 0.25) is 5.02 Å². The van der Waals surface area contributed by atoms with E-state index in [0.717, 1.165) is 0 Å². The third kappa shape index (κ3) is 5.46. The number of carbonyl (C=O) groups is 1. The van der Waals surface area contributed by atoms with Crippen LogP contribution in [0.4, 0.5) is 0 Å². The van der Waals surface area contributed by atoms with Crippen molar-refractivity contribution in [2.45, 2.75) is 0 Å². The Morgan fingerprint density at radius 2 is 1.76 bits per heavy atom. The van der Waals surface area contributed by atoms with Gasteiger partial charge in [0, 0.05) is 11.1 Å².